The van der Waals surface area contributed by atoms with E-state index in [1.807, 2.05) is 13.8 Å². The predicted molar refractivity (Wildman–Crippen MR) is 154 cm³/mol. The van der Waals surface area contributed by atoms with Crippen LogP contribution in [0.25, 0.3) is 22.0 Å². The molecule has 2 aromatic heterocycles. The van der Waals surface area contributed by atoms with Crippen molar-refractivity contribution in [3.63, 3.8) is 0 Å². The van der Waals surface area contributed by atoms with Gasteiger partial charge in [-0.25, -0.2) is 0 Å². The van der Waals surface area contributed by atoms with E-state index in [9.17, 15) is 0 Å². The van der Waals surface area contributed by atoms with Crippen LogP contribution in [0.1, 0.15) is 33.8 Å². The second-order valence-electron chi connectivity index (χ2n) is 10.4. The number of fused-ring (bicyclic) bond motifs is 4. The maximum Gasteiger partial charge on any atom is 0.141 e. The average Bonchev–Trinajstić information content (AvgIpc) is 3.44. The molecule has 6 nitrogen and oxygen atoms in total. The fourth-order valence-electron chi connectivity index (χ4n) is 5.67. The summed E-state index contributed by atoms with van der Waals surface area (Å²) in [5.41, 5.74) is 9.34. The van der Waals surface area contributed by atoms with Gasteiger partial charge in [-0.15, -0.1) is 0 Å². The van der Waals surface area contributed by atoms with Gasteiger partial charge < -0.3 is 18.6 Å². The van der Waals surface area contributed by atoms with E-state index >= 15 is 0 Å². The largest absolute Gasteiger partial charge is 0.491 e. The number of hydrogen-bond acceptors (Lipinski definition) is 5. The van der Waals surface area contributed by atoms with Crippen molar-refractivity contribution in [2.24, 2.45) is 7.05 Å². The summed E-state index contributed by atoms with van der Waals surface area (Å²) in [6.45, 7) is 8.24. The van der Waals surface area contributed by atoms with Gasteiger partial charge in [-0.2, -0.15) is 0 Å². The molecule has 0 aliphatic carbocycles. The Hall–Kier alpha value is -3.87. The Labute approximate surface area is 229 Å². The molecule has 0 N–H and O–H groups in total. The van der Waals surface area contributed by atoms with E-state index in [0.29, 0.717) is 19.8 Å². The number of ether oxygens (including phenoxy) is 2. The fourth-order valence-corrected chi connectivity index (χ4v) is 5.67. The van der Waals surface area contributed by atoms with Crippen molar-refractivity contribution in [1.29, 1.82) is 0 Å². The van der Waals surface area contributed by atoms with Crippen LogP contribution >= 0.6 is 0 Å². The summed E-state index contributed by atoms with van der Waals surface area (Å²) in [5.74, 6) is 1.73. The molecule has 6 heteroatoms. The summed E-state index contributed by atoms with van der Waals surface area (Å²) in [7, 11) is 2.16. The summed E-state index contributed by atoms with van der Waals surface area (Å²) in [4.78, 5) is 2.48. The van der Waals surface area contributed by atoms with Crippen LogP contribution < -0.4 is 4.74 Å². The van der Waals surface area contributed by atoms with Crippen LogP contribution in [0, 0.1) is 13.8 Å². The molecular formula is C33H35N3O3. The zero-order chi connectivity index (χ0) is 26.8. The smallest absolute Gasteiger partial charge is 0.141 e. The van der Waals surface area contributed by atoms with Crippen LogP contribution in [0.5, 0.6) is 5.75 Å². The third-order valence-electron chi connectivity index (χ3n) is 7.65. The van der Waals surface area contributed by atoms with Crippen molar-refractivity contribution >= 4 is 10.9 Å². The lowest BCUT2D eigenvalue weighted by molar-refractivity contribution is 0.0753. The number of aromatic nitrogens is 2. The van der Waals surface area contributed by atoms with Gasteiger partial charge in [-0.1, -0.05) is 53.7 Å². The molecule has 200 valence electrons. The molecule has 0 radical (unpaired) electrons. The monoisotopic (exact) mass is 521 g/mol. The van der Waals surface area contributed by atoms with Gasteiger partial charge in [0.1, 0.15) is 18.1 Å². The first-order valence-electron chi connectivity index (χ1n) is 13.7. The minimum atomic E-state index is 0.515. The molecule has 39 heavy (non-hydrogen) atoms. The molecule has 0 saturated carbocycles. The molecule has 1 aliphatic heterocycles. The maximum atomic E-state index is 6.23. The minimum absolute atomic E-state index is 0.515. The highest BCUT2D eigenvalue weighted by atomic mass is 16.5. The van der Waals surface area contributed by atoms with Crippen LogP contribution in [-0.2, 0) is 31.3 Å². The van der Waals surface area contributed by atoms with Gasteiger partial charge in [0, 0.05) is 49.9 Å². The van der Waals surface area contributed by atoms with E-state index in [4.69, 9.17) is 14.0 Å². The van der Waals surface area contributed by atoms with Gasteiger partial charge in [0.2, 0.25) is 0 Å². The standard InChI is InChI=1S/C33H35N3O3/c1-23-33(24(2)39-34-23)28-11-12-32-29(19-28)18-25-7-6-8-26(17-25)21-36(13-14-37-15-16-38-32)22-30-20-27-9-4-5-10-31(27)35(30)3/h4-12,17,19-20H,13-16,18,21-22H2,1-3H3. The van der Waals surface area contributed by atoms with E-state index in [0.717, 1.165) is 59.9 Å². The molecular weight excluding hydrogens is 486 g/mol. The lowest BCUT2D eigenvalue weighted by Gasteiger charge is -2.24. The highest BCUT2D eigenvalue weighted by molar-refractivity contribution is 5.81. The van der Waals surface area contributed by atoms with Crippen LogP contribution in [-0.4, -0.2) is 41.0 Å². The molecule has 0 saturated heterocycles. The first-order valence-corrected chi connectivity index (χ1v) is 13.7. The first kappa shape index (κ1) is 25.4. The lowest BCUT2D eigenvalue weighted by atomic mass is 9.96. The second-order valence-corrected chi connectivity index (χ2v) is 10.4. The molecule has 0 unspecified atom stereocenters. The van der Waals surface area contributed by atoms with Crippen LogP contribution in [0.4, 0.5) is 0 Å². The van der Waals surface area contributed by atoms with Crippen LogP contribution in [0.15, 0.2) is 77.3 Å². The Morgan fingerprint density at radius 2 is 1.74 bits per heavy atom. The molecule has 2 bridgehead atoms. The average molecular weight is 522 g/mol. The number of benzene rings is 3. The van der Waals surface area contributed by atoms with E-state index in [1.54, 1.807) is 0 Å². The molecule has 6 rings (SSSR count). The topological polar surface area (TPSA) is 52.7 Å². The molecule has 3 aromatic carbocycles. The van der Waals surface area contributed by atoms with Crippen molar-refractivity contribution in [2.45, 2.75) is 33.4 Å². The Balaban J connectivity index is 1.29. The van der Waals surface area contributed by atoms with Gasteiger partial charge in [-0.05, 0) is 65.8 Å². The highest BCUT2D eigenvalue weighted by Crippen LogP contribution is 2.32. The summed E-state index contributed by atoms with van der Waals surface area (Å²) in [6, 6.07) is 26.2. The van der Waals surface area contributed by atoms with E-state index in [-0.39, 0.29) is 0 Å². The van der Waals surface area contributed by atoms with E-state index < -0.39 is 0 Å². The summed E-state index contributed by atoms with van der Waals surface area (Å²) in [6.07, 6.45) is 0.782. The summed E-state index contributed by atoms with van der Waals surface area (Å²) >= 11 is 0. The molecule has 0 amide bonds. The number of aryl methyl sites for hydroxylation is 3. The van der Waals surface area contributed by atoms with Gasteiger partial charge in [0.05, 0.1) is 18.9 Å². The number of nitrogens with zero attached hydrogens (tertiary/aromatic N) is 3. The summed E-state index contributed by atoms with van der Waals surface area (Å²) in [5, 5.41) is 5.43. The minimum Gasteiger partial charge on any atom is -0.491 e. The second kappa shape index (κ2) is 11.1. The Bertz CT molecular complexity index is 1580. The van der Waals surface area contributed by atoms with E-state index in [2.05, 4.69) is 94.5 Å². The quantitative estimate of drug-likeness (QED) is 0.273. The maximum absolute atomic E-state index is 6.23. The van der Waals surface area contributed by atoms with Crippen molar-refractivity contribution in [3.8, 4) is 16.9 Å². The van der Waals surface area contributed by atoms with Gasteiger partial charge in [0.25, 0.3) is 0 Å². The Kier molecular flexibility index (Phi) is 7.22. The number of hydrogen-bond donors (Lipinski definition) is 0. The van der Waals surface area contributed by atoms with Crippen LogP contribution in [0.2, 0.25) is 0 Å². The normalized spacial score (nSPS) is 15.1. The van der Waals surface area contributed by atoms with Crippen molar-refractivity contribution < 1.29 is 14.0 Å². The molecule has 0 atom stereocenters. The third kappa shape index (κ3) is 5.49. The van der Waals surface area contributed by atoms with Crippen molar-refractivity contribution in [1.82, 2.24) is 14.6 Å². The number of para-hydroxylation sites is 1. The van der Waals surface area contributed by atoms with Gasteiger partial charge >= 0.3 is 0 Å². The van der Waals surface area contributed by atoms with Crippen molar-refractivity contribution in [3.05, 3.63) is 107 Å². The zero-order valence-corrected chi connectivity index (χ0v) is 22.9. The lowest BCUT2D eigenvalue weighted by Crippen LogP contribution is -2.28. The summed E-state index contributed by atoms with van der Waals surface area (Å²) < 4.78 is 20.0. The molecule has 5 aromatic rings. The highest BCUT2D eigenvalue weighted by Gasteiger charge is 2.16. The van der Waals surface area contributed by atoms with Gasteiger partial charge in [0.15, 0.2) is 0 Å². The van der Waals surface area contributed by atoms with Gasteiger partial charge in [-0.3, -0.25) is 4.90 Å². The zero-order valence-electron chi connectivity index (χ0n) is 22.9. The molecule has 3 heterocycles. The van der Waals surface area contributed by atoms with E-state index in [1.165, 1.54) is 27.7 Å². The molecule has 1 aliphatic rings. The fraction of sp³-hybridized carbons (Fsp3) is 0.303. The Morgan fingerprint density at radius 3 is 2.59 bits per heavy atom. The first-order chi connectivity index (χ1) is 19.0. The van der Waals surface area contributed by atoms with Crippen molar-refractivity contribution in [2.75, 3.05) is 26.4 Å². The predicted octanol–water partition coefficient (Wildman–Crippen LogP) is 6.45. The number of rotatable bonds is 3. The third-order valence-corrected chi connectivity index (χ3v) is 7.65. The molecule has 0 fully saturated rings. The molecule has 0 spiro atoms. The SMILES string of the molecule is Cc1noc(C)c1-c1ccc2c(c1)Cc1cccc(c1)CN(Cc1cc3ccccc3n1C)CCOCCO2. The van der Waals surface area contributed by atoms with Crippen LogP contribution in [0.3, 0.4) is 0 Å². The Morgan fingerprint density at radius 1 is 0.872 bits per heavy atom.